The molecule has 1 heterocycles. The molecule has 0 atom stereocenters. The smallest absolute Gasteiger partial charge is 0.227 e. The van der Waals surface area contributed by atoms with E-state index in [1.807, 2.05) is 42.5 Å². The van der Waals surface area contributed by atoms with Crippen molar-refractivity contribution in [3.05, 3.63) is 77.9 Å². The Morgan fingerprint density at radius 3 is 2.35 bits per heavy atom. The summed E-state index contributed by atoms with van der Waals surface area (Å²) >= 11 is 0. The van der Waals surface area contributed by atoms with Crippen LogP contribution in [0.2, 0.25) is 0 Å². The largest absolute Gasteiger partial charge is 0.436 e. The average molecular weight is 299 g/mol. The number of rotatable bonds is 2. The van der Waals surface area contributed by atoms with Gasteiger partial charge in [0.1, 0.15) is 5.52 Å². The van der Waals surface area contributed by atoms with Gasteiger partial charge in [0.25, 0.3) is 0 Å². The van der Waals surface area contributed by atoms with Gasteiger partial charge >= 0.3 is 0 Å². The van der Waals surface area contributed by atoms with E-state index < -0.39 is 0 Å². The summed E-state index contributed by atoms with van der Waals surface area (Å²) in [5, 5.41) is 0. The zero-order valence-electron chi connectivity index (χ0n) is 13.2. The highest BCUT2D eigenvalue weighted by atomic mass is 16.3. The number of fused-ring (bicyclic) bond motifs is 1. The Bertz CT molecular complexity index is 983. The van der Waals surface area contributed by atoms with Crippen molar-refractivity contribution in [3.63, 3.8) is 0 Å². The van der Waals surface area contributed by atoms with E-state index in [9.17, 15) is 0 Å². The molecule has 0 unspecified atom stereocenters. The van der Waals surface area contributed by atoms with Crippen LogP contribution >= 0.6 is 0 Å². The van der Waals surface area contributed by atoms with Crippen LogP contribution in [-0.4, -0.2) is 4.98 Å². The first-order valence-corrected chi connectivity index (χ1v) is 7.75. The third-order valence-corrected chi connectivity index (χ3v) is 4.26. The lowest BCUT2D eigenvalue weighted by atomic mass is 10.00. The van der Waals surface area contributed by atoms with Gasteiger partial charge in [0.2, 0.25) is 5.89 Å². The summed E-state index contributed by atoms with van der Waals surface area (Å²) in [4.78, 5) is 4.74. The van der Waals surface area contributed by atoms with Crippen molar-refractivity contribution in [3.8, 4) is 22.6 Å². The molecule has 0 radical (unpaired) electrons. The zero-order chi connectivity index (χ0) is 15.8. The molecular formula is C21H17NO. The van der Waals surface area contributed by atoms with Gasteiger partial charge in [-0.15, -0.1) is 0 Å². The van der Waals surface area contributed by atoms with Crippen LogP contribution in [0.25, 0.3) is 33.7 Å². The highest BCUT2D eigenvalue weighted by Gasteiger charge is 2.12. The van der Waals surface area contributed by atoms with E-state index in [0.717, 1.165) is 22.2 Å². The number of oxazole rings is 1. The number of para-hydroxylation sites is 1. The lowest BCUT2D eigenvalue weighted by Crippen LogP contribution is -1.85. The van der Waals surface area contributed by atoms with Crippen molar-refractivity contribution in [2.75, 3.05) is 0 Å². The van der Waals surface area contributed by atoms with E-state index in [-0.39, 0.29) is 0 Å². The maximum atomic E-state index is 5.96. The molecule has 0 bridgehead atoms. The molecule has 4 aromatic rings. The molecule has 3 aromatic carbocycles. The monoisotopic (exact) mass is 299 g/mol. The van der Waals surface area contributed by atoms with Gasteiger partial charge in [-0.3, -0.25) is 0 Å². The summed E-state index contributed by atoms with van der Waals surface area (Å²) < 4.78 is 5.96. The lowest BCUT2D eigenvalue weighted by Gasteiger charge is -2.05. The Morgan fingerprint density at radius 2 is 1.57 bits per heavy atom. The Kier molecular flexibility index (Phi) is 3.23. The maximum Gasteiger partial charge on any atom is 0.227 e. The zero-order valence-corrected chi connectivity index (χ0v) is 13.2. The van der Waals surface area contributed by atoms with Crippen LogP contribution in [-0.2, 0) is 0 Å². The minimum atomic E-state index is 0.664. The van der Waals surface area contributed by atoms with Crippen LogP contribution in [0, 0.1) is 13.8 Å². The number of nitrogens with zero attached hydrogens (tertiary/aromatic N) is 1. The second kappa shape index (κ2) is 5.40. The molecule has 0 spiro atoms. The summed E-state index contributed by atoms with van der Waals surface area (Å²) in [7, 11) is 0. The molecule has 0 aliphatic carbocycles. The number of aromatic nitrogens is 1. The topological polar surface area (TPSA) is 26.0 Å². The van der Waals surface area contributed by atoms with E-state index in [1.54, 1.807) is 0 Å². The van der Waals surface area contributed by atoms with Crippen molar-refractivity contribution in [2.24, 2.45) is 0 Å². The third-order valence-electron chi connectivity index (χ3n) is 4.26. The number of benzene rings is 3. The first-order valence-electron chi connectivity index (χ1n) is 7.75. The SMILES string of the molecule is Cc1ccc(-c2cccc3oc(-c4ccccc4)nc23)cc1C. The van der Waals surface area contributed by atoms with E-state index in [2.05, 4.69) is 38.1 Å². The van der Waals surface area contributed by atoms with E-state index in [1.165, 1.54) is 16.7 Å². The third kappa shape index (κ3) is 2.42. The van der Waals surface area contributed by atoms with Crippen molar-refractivity contribution in [1.29, 1.82) is 0 Å². The molecule has 0 aliphatic rings. The van der Waals surface area contributed by atoms with Crippen molar-refractivity contribution in [2.45, 2.75) is 13.8 Å². The van der Waals surface area contributed by atoms with Gasteiger partial charge in [-0.05, 0) is 48.7 Å². The quantitative estimate of drug-likeness (QED) is 0.469. The summed E-state index contributed by atoms with van der Waals surface area (Å²) in [5.74, 6) is 0.664. The van der Waals surface area contributed by atoms with Crippen LogP contribution in [0.5, 0.6) is 0 Å². The first-order chi connectivity index (χ1) is 11.2. The second-order valence-electron chi connectivity index (χ2n) is 5.84. The fraction of sp³-hybridized carbons (Fsp3) is 0.0952. The molecule has 0 amide bonds. The van der Waals surface area contributed by atoms with Gasteiger partial charge < -0.3 is 4.42 Å². The second-order valence-corrected chi connectivity index (χ2v) is 5.84. The molecule has 4 rings (SSSR count). The average Bonchev–Trinajstić information content (AvgIpc) is 3.02. The Hall–Kier alpha value is -2.87. The fourth-order valence-electron chi connectivity index (χ4n) is 2.79. The summed E-state index contributed by atoms with van der Waals surface area (Å²) in [6.45, 7) is 4.26. The molecule has 0 saturated carbocycles. The van der Waals surface area contributed by atoms with Gasteiger partial charge in [0, 0.05) is 11.1 Å². The van der Waals surface area contributed by atoms with Gasteiger partial charge in [-0.25, -0.2) is 4.98 Å². The molecule has 0 saturated heterocycles. The van der Waals surface area contributed by atoms with Gasteiger partial charge in [-0.2, -0.15) is 0 Å². The first kappa shape index (κ1) is 13.8. The maximum absolute atomic E-state index is 5.96. The summed E-state index contributed by atoms with van der Waals surface area (Å²) in [6.07, 6.45) is 0. The minimum Gasteiger partial charge on any atom is -0.436 e. The fourth-order valence-corrected chi connectivity index (χ4v) is 2.79. The Morgan fingerprint density at radius 1 is 0.739 bits per heavy atom. The molecule has 23 heavy (non-hydrogen) atoms. The number of aryl methyl sites for hydroxylation is 2. The van der Waals surface area contributed by atoms with Crippen LogP contribution in [0.3, 0.4) is 0 Å². The van der Waals surface area contributed by atoms with Crippen molar-refractivity contribution >= 4 is 11.1 Å². The highest BCUT2D eigenvalue weighted by Crippen LogP contribution is 2.32. The van der Waals surface area contributed by atoms with E-state index in [4.69, 9.17) is 9.40 Å². The molecule has 1 aromatic heterocycles. The summed E-state index contributed by atoms with van der Waals surface area (Å²) in [5.41, 5.74) is 7.59. The number of hydrogen-bond acceptors (Lipinski definition) is 2. The Labute approximate surface area is 135 Å². The highest BCUT2D eigenvalue weighted by molar-refractivity contribution is 5.92. The summed E-state index contributed by atoms with van der Waals surface area (Å²) in [6, 6.07) is 22.6. The molecule has 2 nitrogen and oxygen atoms in total. The van der Waals surface area contributed by atoms with Crippen LogP contribution in [0.4, 0.5) is 0 Å². The standard InChI is InChI=1S/C21H17NO/c1-14-11-12-17(13-15(14)2)18-9-6-10-19-20(18)22-21(23-19)16-7-4-3-5-8-16/h3-13H,1-2H3. The lowest BCUT2D eigenvalue weighted by molar-refractivity contribution is 0.620. The van der Waals surface area contributed by atoms with Gasteiger partial charge in [0.15, 0.2) is 5.58 Å². The van der Waals surface area contributed by atoms with E-state index >= 15 is 0 Å². The van der Waals surface area contributed by atoms with Gasteiger partial charge in [0.05, 0.1) is 0 Å². The minimum absolute atomic E-state index is 0.664. The Balaban J connectivity index is 1.91. The molecule has 112 valence electrons. The van der Waals surface area contributed by atoms with Crippen molar-refractivity contribution in [1.82, 2.24) is 4.98 Å². The predicted molar refractivity (Wildman–Crippen MR) is 94.4 cm³/mol. The predicted octanol–water partition coefficient (Wildman–Crippen LogP) is 5.78. The molecule has 0 fully saturated rings. The van der Waals surface area contributed by atoms with Gasteiger partial charge in [-0.1, -0.05) is 48.5 Å². The van der Waals surface area contributed by atoms with Crippen LogP contribution in [0.1, 0.15) is 11.1 Å². The van der Waals surface area contributed by atoms with Crippen LogP contribution in [0.15, 0.2) is 71.1 Å². The molecular weight excluding hydrogens is 282 g/mol. The van der Waals surface area contributed by atoms with E-state index in [0.29, 0.717) is 5.89 Å². The normalized spacial score (nSPS) is 11.0. The molecule has 2 heteroatoms. The van der Waals surface area contributed by atoms with Crippen LogP contribution < -0.4 is 0 Å². The molecule has 0 N–H and O–H groups in total. The number of hydrogen-bond donors (Lipinski definition) is 0. The van der Waals surface area contributed by atoms with Crippen molar-refractivity contribution < 1.29 is 4.42 Å². The molecule has 0 aliphatic heterocycles.